The van der Waals surface area contributed by atoms with Gasteiger partial charge in [-0.1, -0.05) is 36.4 Å². The third-order valence-electron chi connectivity index (χ3n) is 4.25. The van der Waals surface area contributed by atoms with E-state index in [4.69, 9.17) is 0 Å². The van der Waals surface area contributed by atoms with Crippen LogP contribution in [-0.2, 0) is 0 Å². The van der Waals surface area contributed by atoms with E-state index in [-0.39, 0.29) is 5.75 Å². The molecule has 134 valence electrons. The molecule has 5 nitrogen and oxygen atoms in total. The lowest BCUT2D eigenvalue weighted by atomic mass is 10.0. The lowest BCUT2D eigenvalue weighted by molar-refractivity contribution is 0.225. The summed E-state index contributed by atoms with van der Waals surface area (Å²) >= 11 is 3.48. The summed E-state index contributed by atoms with van der Waals surface area (Å²) in [6.45, 7) is 0. The number of para-hydroxylation sites is 1. The minimum Gasteiger partial charge on any atom is -0.508 e. The second-order valence-electron chi connectivity index (χ2n) is 6.01. The maximum atomic E-state index is 10.9. The molecular formula is C21H16BrN3O2. The van der Waals surface area contributed by atoms with Crippen molar-refractivity contribution in [1.29, 1.82) is 0 Å². The zero-order valence-electron chi connectivity index (χ0n) is 14.2. The van der Waals surface area contributed by atoms with Crippen LogP contribution in [0.15, 0.2) is 93.6 Å². The predicted molar refractivity (Wildman–Crippen MR) is 109 cm³/mol. The number of nitrogens with zero attached hydrogens (tertiary/aromatic N) is 3. The van der Waals surface area contributed by atoms with E-state index >= 15 is 0 Å². The molecule has 2 N–H and O–H groups in total. The zero-order valence-corrected chi connectivity index (χ0v) is 15.8. The smallest absolute Gasteiger partial charge is 0.166 e. The summed E-state index contributed by atoms with van der Waals surface area (Å²) in [4.78, 5) is 1.78. The first-order valence-electron chi connectivity index (χ1n) is 8.37. The average molecular weight is 422 g/mol. The highest BCUT2D eigenvalue weighted by atomic mass is 79.9. The molecule has 4 rings (SSSR count). The highest BCUT2D eigenvalue weighted by molar-refractivity contribution is 9.11. The molecule has 6 heteroatoms. The fourth-order valence-electron chi connectivity index (χ4n) is 2.99. The Morgan fingerprint density at radius 1 is 0.852 bits per heavy atom. The first kappa shape index (κ1) is 17.5. The number of benzene rings is 3. The quantitative estimate of drug-likeness (QED) is 0.532. The molecule has 0 aliphatic carbocycles. The maximum Gasteiger partial charge on any atom is 0.166 e. The highest BCUT2D eigenvalue weighted by Gasteiger charge is 2.32. The zero-order chi connectivity index (χ0) is 18.8. The van der Waals surface area contributed by atoms with Crippen LogP contribution in [0.5, 0.6) is 5.75 Å². The van der Waals surface area contributed by atoms with E-state index < -0.39 is 6.23 Å². The number of aromatic hydroxyl groups is 1. The van der Waals surface area contributed by atoms with Crippen LogP contribution in [0.4, 0.5) is 17.1 Å². The predicted octanol–water partition coefficient (Wildman–Crippen LogP) is 5.71. The Labute approximate surface area is 165 Å². The Hall–Kier alpha value is -2.96. The van der Waals surface area contributed by atoms with Gasteiger partial charge in [-0.2, -0.15) is 5.11 Å². The van der Waals surface area contributed by atoms with Gasteiger partial charge in [0, 0.05) is 11.3 Å². The van der Waals surface area contributed by atoms with E-state index in [0.717, 1.165) is 11.4 Å². The largest absolute Gasteiger partial charge is 0.508 e. The standard InChI is InChI=1S/C21H16BrN3O2/c22-19-20(24-23-14-7-3-1-4-8-14)17-13-16(26)11-12-18(17)25(21(19)27)15-9-5-2-6-10-15/h1-13,21,26-27H. The second-order valence-corrected chi connectivity index (χ2v) is 6.87. The average Bonchev–Trinajstić information content (AvgIpc) is 2.70. The van der Waals surface area contributed by atoms with E-state index in [9.17, 15) is 10.2 Å². The van der Waals surface area contributed by atoms with Crippen LogP contribution in [0.3, 0.4) is 0 Å². The van der Waals surface area contributed by atoms with Crippen LogP contribution in [0.25, 0.3) is 5.70 Å². The second kappa shape index (κ2) is 7.34. The van der Waals surface area contributed by atoms with Gasteiger partial charge in [-0.05, 0) is 58.4 Å². The fraction of sp³-hybridized carbons (Fsp3) is 0.0476. The highest BCUT2D eigenvalue weighted by Crippen LogP contribution is 2.45. The van der Waals surface area contributed by atoms with E-state index in [0.29, 0.717) is 21.4 Å². The minimum atomic E-state index is -0.964. The van der Waals surface area contributed by atoms with Crippen molar-refractivity contribution < 1.29 is 10.2 Å². The third kappa shape index (κ3) is 3.37. The number of aliphatic hydroxyl groups excluding tert-OH is 1. The van der Waals surface area contributed by atoms with Crippen molar-refractivity contribution in [1.82, 2.24) is 0 Å². The summed E-state index contributed by atoms with van der Waals surface area (Å²) in [6, 6.07) is 23.9. The number of rotatable bonds is 3. The summed E-state index contributed by atoms with van der Waals surface area (Å²) in [5.74, 6) is 0.117. The van der Waals surface area contributed by atoms with Crippen LogP contribution in [-0.4, -0.2) is 16.4 Å². The molecule has 1 unspecified atom stereocenters. The van der Waals surface area contributed by atoms with Crippen LogP contribution >= 0.6 is 15.9 Å². The fourth-order valence-corrected chi connectivity index (χ4v) is 3.49. The molecule has 27 heavy (non-hydrogen) atoms. The van der Waals surface area contributed by atoms with Gasteiger partial charge in [0.05, 0.1) is 15.9 Å². The number of phenols is 1. The van der Waals surface area contributed by atoms with Crippen LogP contribution in [0.2, 0.25) is 0 Å². The molecule has 0 amide bonds. The molecule has 1 heterocycles. The molecule has 0 radical (unpaired) electrons. The molecule has 0 spiro atoms. The molecule has 0 fully saturated rings. The van der Waals surface area contributed by atoms with Gasteiger partial charge in [0.25, 0.3) is 0 Å². The summed E-state index contributed by atoms with van der Waals surface area (Å²) in [7, 11) is 0. The van der Waals surface area contributed by atoms with E-state index in [2.05, 4.69) is 26.2 Å². The lowest BCUT2D eigenvalue weighted by Crippen LogP contribution is -2.34. The van der Waals surface area contributed by atoms with E-state index in [1.54, 1.807) is 23.1 Å². The van der Waals surface area contributed by atoms with Gasteiger partial charge in [-0.25, -0.2) is 0 Å². The van der Waals surface area contributed by atoms with E-state index in [1.165, 1.54) is 0 Å². The topological polar surface area (TPSA) is 68.4 Å². The number of halogens is 1. The lowest BCUT2D eigenvalue weighted by Gasteiger charge is -2.35. The van der Waals surface area contributed by atoms with Crippen molar-refractivity contribution in [2.24, 2.45) is 10.2 Å². The normalized spacial score (nSPS) is 16.7. The molecule has 0 saturated heterocycles. The van der Waals surface area contributed by atoms with Crippen molar-refractivity contribution in [3.8, 4) is 5.75 Å². The van der Waals surface area contributed by atoms with Crippen molar-refractivity contribution in [2.75, 3.05) is 4.90 Å². The number of aliphatic hydroxyl groups is 1. The van der Waals surface area contributed by atoms with Gasteiger partial charge < -0.3 is 15.1 Å². The minimum absolute atomic E-state index is 0.117. The van der Waals surface area contributed by atoms with Crippen molar-refractivity contribution >= 4 is 38.7 Å². The van der Waals surface area contributed by atoms with Gasteiger partial charge in [0.15, 0.2) is 6.23 Å². The van der Waals surface area contributed by atoms with Gasteiger partial charge in [0.2, 0.25) is 0 Å². The maximum absolute atomic E-state index is 10.9. The Morgan fingerprint density at radius 3 is 2.22 bits per heavy atom. The molecule has 1 aliphatic heterocycles. The number of hydrogen-bond donors (Lipinski definition) is 2. The van der Waals surface area contributed by atoms with Crippen molar-refractivity contribution in [3.63, 3.8) is 0 Å². The Morgan fingerprint density at radius 2 is 1.52 bits per heavy atom. The first-order valence-corrected chi connectivity index (χ1v) is 9.16. The molecule has 0 aromatic heterocycles. The Balaban J connectivity index is 1.85. The monoisotopic (exact) mass is 421 g/mol. The number of hydrogen-bond acceptors (Lipinski definition) is 5. The summed E-state index contributed by atoms with van der Waals surface area (Å²) in [5.41, 5.74) is 3.41. The first-order chi connectivity index (χ1) is 13.1. The number of anilines is 2. The Bertz CT molecular complexity index is 1020. The number of phenolic OH excluding ortho intramolecular Hbond substituents is 1. The molecule has 1 atom stereocenters. The summed E-state index contributed by atoms with van der Waals surface area (Å²) < 4.78 is 0.476. The van der Waals surface area contributed by atoms with Crippen molar-refractivity contribution in [3.05, 3.63) is 88.9 Å². The number of fused-ring (bicyclic) bond motifs is 1. The molecule has 3 aromatic rings. The van der Waals surface area contributed by atoms with Crippen LogP contribution in [0, 0.1) is 0 Å². The molecule has 1 aliphatic rings. The molecule has 3 aromatic carbocycles. The summed E-state index contributed by atoms with van der Waals surface area (Å²) in [6.07, 6.45) is -0.964. The van der Waals surface area contributed by atoms with E-state index in [1.807, 2.05) is 60.7 Å². The molecular weight excluding hydrogens is 406 g/mol. The van der Waals surface area contributed by atoms with Crippen LogP contribution in [0.1, 0.15) is 5.56 Å². The SMILES string of the molecule is Oc1ccc2c(c1)C(N=Nc1ccccc1)=C(Br)C(O)N2c1ccccc1. The van der Waals surface area contributed by atoms with Gasteiger partial charge in [0.1, 0.15) is 11.4 Å². The van der Waals surface area contributed by atoms with Gasteiger partial charge in [-0.15, -0.1) is 5.11 Å². The van der Waals surface area contributed by atoms with Crippen LogP contribution < -0.4 is 4.90 Å². The van der Waals surface area contributed by atoms with Gasteiger partial charge >= 0.3 is 0 Å². The third-order valence-corrected chi connectivity index (χ3v) is 5.03. The van der Waals surface area contributed by atoms with Crippen molar-refractivity contribution in [2.45, 2.75) is 6.23 Å². The molecule has 0 saturated carbocycles. The Kier molecular flexibility index (Phi) is 4.75. The van der Waals surface area contributed by atoms with Gasteiger partial charge in [-0.3, -0.25) is 0 Å². The summed E-state index contributed by atoms with van der Waals surface area (Å²) in [5, 5.41) is 29.6. The number of azo groups is 1. The molecule has 0 bridgehead atoms.